The maximum absolute atomic E-state index is 12.1. The molecule has 0 bridgehead atoms. The van der Waals surface area contributed by atoms with Crippen LogP contribution in [0.5, 0.6) is 0 Å². The first kappa shape index (κ1) is 19.1. The lowest BCUT2D eigenvalue weighted by atomic mass is 10.2. The number of thioether (sulfide) groups is 1. The molecule has 5 nitrogen and oxygen atoms in total. The van der Waals surface area contributed by atoms with E-state index in [1.165, 1.54) is 6.92 Å². The second kappa shape index (κ2) is 9.25. The summed E-state index contributed by atoms with van der Waals surface area (Å²) in [5, 5.41) is 9.32. The van der Waals surface area contributed by atoms with E-state index in [2.05, 4.69) is 16.0 Å². The number of nitrogens with one attached hydrogen (secondary N) is 3. The second-order valence-electron chi connectivity index (χ2n) is 4.85. The van der Waals surface area contributed by atoms with Crippen molar-refractivity contribution in [2.75, 3.05) is 28.7 Å². The quantitative estimate of drug-likeness (QED) is 0.769. The maximum Gasteiger partial charge on any atom is 0.226 e. The standard InChI is InChI=1S/C14H18ClN3O2S.ClH/c1-9(19)17-12-3-2-10(15)6-13(12)18-14(20)7-11-8-21-5-4-16-11;/h2-3,6,11,16H,4-5,7-8H2,1H3,(H,17,19)(H,18,20);1H. The van der Waals surface area contributed by atoms with E-state index in [0.717, 1.165) is 18.1 Å². The van der Waals surface area contributed by atoms with E-state index in [1.54, 1.807) is 18.2 Å². The van der Waals surface area contributed by atoms with E-state index in [0.29, 0.717) is 22.8 Å². The van der Waals surface area contributed by atoms with Gasteiger partial charge in [-0.25, -0.2) is 0 Å². The zero-order valence-electron chi connectivity index (χ0n) is 12.1. The van der Waals surface area contributed by atoms with Gasteiger partial charge in [-0.3, -0.25) is 9.59 Å². The highest BCUT2D eigenvalue weighted by molar-refractivity contribution is 7.99. The van der Waals surface area contributed by atoms with Crippen LogP contribution in [0.2, 0.25) is 5.02 Å². The minimum absolute atomic E-state index is 0. The number of rotatable bonds is 4. The summed E-state index contributed by atoms with van der Waals surface area (Å²) in [6, 6.07) is 5.16. The topological polar surface area (TPSA) is 70.2 Å². The minimum atomic E-state index is -0.196. The number of anilines is 2. The van der Waals surface area contributed by atoms with Crippen LogP contribution in [0, 0.1) is 0 Å². The average Bonchev–Trinajstić information content (AvgIpc) is 2.42. The SMILES string of the molecule is CC(=O)Nc1ccc(Cl)cc1NC(=O)CC1CSCCN1.Cl. The molecule has 122 valence electrons. The monoisotopic (exact) mass is 363 g/mol. The third-order valence-corrected chi connectivity index (χ3v) is 4.36. The van der Waals surface area contributed by atoms with Crippen molar-refractivity contribution in [2.45, 2.75) is 19.4 Å². The second-order valence-corrected chi connectivity index (χ2v) is 6.44. The fourth-order valence-corrected chi connectivity index (χ4v) is 3.22. The molecule has 1 aromatic carbocycles. The van der Waals surface area contributed by atoms with Crippen LogP contribution in [0.3, 0.4) is 0 Å². The zero-order valence-corrected chi connectivity index (χ0v) is 14.5. The first-order valence-electron chi connectivity index (χ1n) is 6.72. The third kappa shape index (κ3) is 6.04. The highest BCUT2D eigenvalue weighted by Crippen LogP contribution is 2.26. The molecule has 0 radical (unpaired) electrons. The molecule has 1 aliphatic heterocycles. The first-order valence-corrected chi connectivity index (χ1v) is 8.26. The Morgan fingerprint density at radius 3 is 2.77 bits per heavy atom. The van der Waals surface area contributed by atoms with Gasteiger partial charge in [-0.05, 0) is 18.2 Å². The molecular weight excluding hydrogens is 345 g/mol. The van der Waals surface area contributed by atoms with E-state index in [4.69, 9.17) is 11.6 Å². The van der Waals surface area contributed by atoms with Crippen molar-refractivity contribution in [3.05, 3.63) is 23.2 Å². The largest absolute Gasteiger partial charge is 0.325 e. The van der Waals surface area contributed by atoms with Gasteiger partial charge < -0.3 is 16.0 Å². The van der Waals surface area contributed by atoms with Crippen LogP contribution in [0.1, 0.15) is 13.3 Å². The van der Waals surface area contributed by atoms with Gasteiger partial charge in [-0.2, -0.15) is 11.8 Å². The lowest BCUT2D eigenvalue weighted by molar-refractivity contribution is -0.116. The van der Waals surface area contributed by atoms with Crippen LogP contribution in [-0.4, -0.2) is 35.9 Å². The van der Waals surface area contributed by atoms with Crippen LogP contribution in [0.25, 0.3) is 0 Å². The molecule has 1 heterocycles. The van der Waals surface area contributed by atoms with Crippen molar-refractivity contribution in [1.82, 2.24) is 5.32 Å². The average molecular weight is 364 g/mol. The lowest BCUT2D eigenvalue weighted by Gasteiger charge is -2.22. The van der Waals surface area contributed by atoms with Gasteiger partial charge in [0.25, 0.3) is 0 Å². The van der Waals surface area contributed by atoms with Gasteiger partial charge in [-0.1, -0.05) is 11.6 Å². The van der Waals surface area contributed by atoms with Gasteiger partial charge in [0, 0.05) is 42.5 Å². The number of halogens is 2. The molecule has 2 rings (SSSR count). The number of amides is 2. The third-order valence-electron chi connectivity index (χ3n) is 3.00. The Morgan fingerprint density at radius 1 is 1.36 bits per heavy atom. The summed E-state index contributed by atoms with van der Waals surface area (Å²) in [6.07, 6.45) is 0.402. The number of hydrogen-bond acceptors (Lipinski definition) is 4. The fraction of sp³-hybridized carbons (Fsp3) is 0.429. The molecule has 1 atom stereocenters. The summed E-state index contributed by atoms with van der Waals surface area (Å²) in [6.45, 7) is 2.35. The summed E-state index contributed by atoms with van der Waals surface area (Å²) in [4.78, 5) is 23.3. The van der Waals surface area contributed by atoms with Crippen LogP contribution in [-0.2, 0) is 9.59 Å². The Morgan fingerprint density at radius 2 is 2.14 bits per heavy atom. The van der Waals surface area contributed by atoms with Gasteiger partial charge >= 0.3 is 0 Å². The van der Waals surface area contributed by atoms with Crippen LogP contribution < -0.4 is 16.0 Å². The summed E-state index contributed by atoms with van der Waals surface area (Å²) in [7, 11) is 0. The van der Waals surface area contributed by atoms with Gasteiger partial charge in [0.05, 0.1) is 11.4 Å². The molecule has 1 aromatic rings. The molecule has 0 saturated carbocycles. The van der Waals surface area contributed by atoms with Crippen molar-refractivity contribution >= 4 is 59.0 Å². The Kier molecular flexibility index (Phi) is 8.03. The zero-order chi connectivity index (χ0) is 15.2. The molecule has 0 aromatic heterocycles. The smallest absolute Gasteiger partial charge is 0.226 e. The van der Waals surface area contributed by atoms with Gasteiger partial charge in [-0.15, -0.1) is 12.4 Å². The first-order chi connectivity index (χ1) is 10.0. The molecule has 1 unspecified atom stereocenters. The summed E-state index contributed by atoms with van der Waals surface area (Å²) >= 11 is 7.79. The van der Waals surface area contributed by atoms with Crippen LogP contribution in [0.15, 0.2) is 18.2 Å². The van der Waals surface area contributed by atoms with Gasteiger partial charge in [0.15, 0.2) is 0 Å². The highest BCUT2D eigenvalue weighted by Gasteiger charge is 2.17. The molecule has 2 amide bonds. The van der Waals surface area contributed by atoms with Crippen molar-refractivity contribution in [1.29, 1.82) is 0 Å². The molecule has 1 fully saturated rings. The van der Waals surface area contributed by atoms with Crippen molar-refractivity contribution in [3.63, 3.8) is 0 Å². The molecule has 1 saturated heterocycles. The van der Waals surface area contributed by atoms with Crippen LogP contribution in [0.4, 0.5) is 11.4 Å². The lowest BCUT2D eigenvalue weighted by Crippen LogP contribution is -2.39. The summed E-state index contributed by atoms with van der Waals surface area (Å²) in [5.74, 6) is 1.72. The normalized spacial score (nSPS) is 17.3. The number of hydrogen-bond donors (Lipinski definition) is 3. The Balaban J connectivity index is 0.00000242. The number of carbonyl (C=O) groups is 2. The van der Waals surface area contributed by atoms with Crippen molar-refractivity contribution in [3.8, 4) is 0 Å². The van der Waals surface area contributed by atoms with Gasteiger partial charge in [0.2, 0.25) is 11.8 Å². The van der Waals surface area contributed by atoms with E-state index < -0.39 is 0 Å². The van der Waals surface area contributed by atoms with Gasteiger partial charge in [0.1, 0.15) is 0 Å². The predicted molar refractivity (Wildman–Crippen MR) is 95.4 cm³/mol. The van der Waals surface area contributed by atoms with Crippen molar-refractivity contribution in [2.24, 2.45) is 0 Å². The number of benzene rings is 1. The molecule has 1 aliphatic rings. The minimum Gasteiger partial charge on any atom is -0.325 e. The molecule has 8 heteroatoms. The molecule has 0 aliphatic carbocycles. The predicted octanol–water partition coefficient (Wildman–Crippen LogP) is 2.75. The van der Waals surface area contributed by atoms with E-state index in [-0.39, 0.29) is 30.3 Å². The van der Waals surface area contributed by atoms with Crippen LogP contribution >= 0.6 is 35.8 Å². The number of carbonyl (C=O) groups excluding carboxylic acids is 2. The highest BCUT2D eigenvalue weighted by atomic mass is 35.5. The van der Waals surface area contributed by atoms with E-state index in [9.17, 15) is 9.59 Å². The van der Waals surface area contributed by atoms with E-state index >= 15 is 0 Å². The Hall–Kier alpha value is -0.950. The van der Waals surface area contributed by atoms with Crippen molar-refractivity contribution < 1.29 is 9.59 Å². The molecule has 3 N–H and O–H groups in total. The molecule has 0 spiro atoms. The summed E-state index contributed by atoms with van der Waals surface area (Å²) in [5.41, 5.74) is 1.07. The Labute approximate surface area is 145 Å². The van der Waals surface area contributed by atoms with E-state index in [1.807, 2.05) is 11.8 Å². The molecular formula is C14H19Cl2N3O2S. The maximum atomic E-state index is 12.1. The Bertz CT molecular complexity index is 537. The summed E-state index contributed by atoms with van der Waals surface area (Å²) < 4.78 is 0. The molecule has 22 heavy (non-hydrogen) atoms. The fourth-order valence-electron chi connectivity index (χ4n) is 2.09.